The fourth-order valence-electron chi connectivity index (χ4n) is 5.23. The molecule has 0 aromatic carbocycles. The lowest BCUT2D eigenvalue weighted by atomic mass is 9.85. The Morgan fingerprint density at radius 1 is 0.333 bits per heavy atom. The van der Waals surface area contributed by atoms with E-state index in [2.05, 4.69) is 28.1 Å². The highest BCUT2D eigenvalue weighted by Gasteiger charge is 3.00. The van der Waals surface area contributed by atoms with Gasteiger partial charge < -0.3 is 4.48 Å². The van der Waals surface area contributed by atoms with Gasteiger partial charge in [0.05, 0.1) is 27.7 Å². The van der Waals surface area contributed by atoms with E-state index < -0.39 is 80.8 Å². The molecule has 0 fully saturated rings. The van der Waals surface area contributed by atoms with Crippen molar-refractivity contribution in [3.05, 3.63) is 0 Å². The molecule has 0 spiro atoms. The first-order valence-electron chi connectivity index (χ1n) is 18.6. The van der Waals surface area contributed by atoms with Crippen LogP contribution in [0.1, 0.15) is 110 Å². The smallest absolute Gasteiger partial charge is 0.331 e. The van der Waals surface area contributed by atoms with E-state index in [-0.39, 0.29) is 0 Å². The normalized spacial score (nSPS) is 15.4. The van der Waals surface area contributed by atoms with Gasteiger partial charge in [0.15, 0.2) is 0 Å². The molecule has 382 valence electrons. The Kier molecular flexibility index (Phi) is 21.5. The molecule has 0 rings (SSSR count). The summed E-state index contributed by atoms with van der Waals surface area (Å²) in [6.07, 6.45) is 15.1. The number of hydrogen-bond acceptors (Lipinski definition) is 2. The maximum atomic E-state index is 13.5. The summed E-state index contributed by atoms with van der Waals surface area (Å²) in [6, 6.07) is 0. The molecule has 30 heteroatoms. The Labute approximate surface area is 345 Å². The van der Waals surface area contributed by atoms with Gasteiger partial charge in [0.2, 0.25) is 0 Å². The molecule has 63 heavy (non-hydrogen) atoms. The molecule has 0 aliphatic rings. The fourth-order valence-corrected chi connectivity index (χ4v) is 5.69. The maximum Gasteiger partial charge on any atom is 0.460 e. The average molecular weight is 1010 g/mol. The van der Waals surface area contributed by atoms with Crippen molar-refractivity contribution in [3.63, 3.8) is 0 Å². The van der Waals surface area contributed by atoms with Crippen LogP contribution in [-0.2, 0) is 10.1 Å². The van der Waals surface area contributed by atoms with Crippen molar-refractivity contribution < 1.29 is 127 Å². The van der Waals surface area contributed by atoms with Gasteiger partial charge in [-0.05, 0) is 12.8 Å². The lowest BCUT2D eigenvalue weighted by molar-refractivity contribution is -0.870. The van der Waals surface area contributed by atoms with E-state index in [1.165, 1.54) is 109 Å². The molecule has 0 saturated carbocycles. The van der Waals surface area contributed by atoms with Crippen molar-refractivity contribution in [2.45, 2.75) is 180 Å². The predicted octanol–water partition coefficient (Wildman–Crippen LogP) is 14.3. The number of nitrogens with zero attached hydrogens (tertiary/aromatic N) is 1. The Morgan fingerprint density at radius 3 is 0.714 bits per heavy atom. The molecular weight excluding hydrogens is 965 g/mol. The zero-order valence-electron chi connectivity index (χ0n) is 33.6. The summed E-state index contributed by atoms with van der Waals surface area (Å²) >= 11 is 0. The lowest BCUT2D eigenvalue weighted by Crippen LogP contribution is -2.78. The molecule has 0 saturated heterocycles. The van der Waals surface area contributed by atoms with E-state index in [1.807, 2.05) is 0 Å². The minimum absolute atomic E-state index is 1.12. The van der Waals surface area contributed by atoms with Crippen LogP contribution >= 0.6 is 0 Å². The summed E-state index contributed by atoms with van der Waals surface area (Å²) < 4.78 is 356. The second-order valence-corrected chi connectivity index (χ2v) is 17.0. The quantitative estimate of drug-likeness (QED) is 0.0368. The standard InChI is InChI=1S/C21H46N.C12HF25O3S/c1-5-6-7-8-9-10-11-12-13-14-15-16-17-18-19-20-21-22(2,3)4;13-1(14,3(17,18)5(21,22)7(25,26)9(29,30)11(33,34)35)2(15,16)4(19,20)6(23,24)8(27,28)10(31,32)12(36,37)41(38,39)40/h5-21H2,1-4H3;(H,38,39,40)/q+1;. The minimum Gasteiger partial charge on any atom is -0.331 e. The van der Waals surface area contributed by atoms with E-state index in [1.54, 1.807) is 0 Å². The minimum atomic E-state index is -9.76. The summed E-state index contributed by atoms with van der Waals surface area (Å²) in [5.41, 5.74) is 0. The van der Waals surface area contributed by atoms with E-state index >= 15 is 0 Å². The van der Waals surface area contributed by atoms with Crippen molar-refractivity contribution in [2.24, 2.45) is 0 Å². The number of unbranched alkanes of at least 4 members (excludes halogenated alkanes) is 15. The molecule has 0 aromatic rings. The zero-order valence-corrected chi connectivity index (χ0v) is 34.4. The molecule has 4 nitrogen and oxygen atoms in total. The number of rotatable bonds is 28. The second-order valence-electron chi connectivity index (χ2n) is 15.6. The molecule has 0 unspecified atom stereocenters. The SMILES string of the molecule is CCCCCCCCCCCCCCCCCC[N+](C)(C)C.O=S(=O)(O)C(F)(F)C(F)(F)C(F)(F)C(F)(F)C(F)(F)C(F)(F)C(F)(F)C(F)(F)C(F)(F)C(F)(F)C(F)(F)C(F)(F)F. The monoisotopic (exact) mass is 1010 g/mol. The van der Waals surface area contributed by atoms with Gasteiger partial charge in [0.1, 0.15) is 0 Å². The van der Waals surface area contributed by atoms with Gasteiger partial charge in [0, 0.05) is 0 Å². The van der Waals surface area contributed by atoms with Crippen LogP contribution in [0.4, 0.5) is 110 Å². The van der Waals surface area contributed by atoms with Gasteiger partial charge in [-0.1, -0.05) is 96.8 Å². The van der Waals surface area contributed by atoms with Crippen molar-refractivity contribution in [2.75, 3.05) is 27.7 Å². The second kappa shape index (κ2) is 21.4. The lowest BCUT2D eigenvalue weighted by Gasteiger charge is -2.45. The molecule has 0 amide bonds. The first-order chi connectivity index (χ1) is 27.6. The third-order valence-corrected chi connectivity index (χ3v) is 10.2. The maximum absolute atomic E-state index is 13.5. The molecule has 0 bridgehead atoms. The van der Waals surface area contributed by atoms with E-state index in [4.69, 9.17) is 4.55 Å². The summed E-state index contributed by atoms with van der Waals surface area (Å²) in [5.74, 6) is -94.0. The van der Waals surface area contributed by atoms with Crippen molar-refractivity contribution in [3.8, 4) is 0 Å². The summed E-state index contributed by atoms with van der Waals surface area (Å²) in [4.78, 5) is 0. The van der Waals surface area contributed by atoms with Gasteiger partial charge in [-0.25, -0.2) is 0 Å². The Balaban J connectivity index is 0. The number of quaternary nitrogens is 1. The summed E-state index contributed by atoms with van der Waals surface area (Å²) in [7, 11) is -1.35. The molecule has 0 heterocycles. The molecule has 1 N–H and O–H groups in total. The van der Waals surface area contributed by atoms with Crippen LogP contribution in [0.5, 0.6) is 0 Å². The van der Waals surface area contributed by atoms with Gasteiger partial charge >= 0.3 is 80.8 Å². The third-order valence-electron chi connectivity index (χ3n) is 9.28. The molecule has 0 atom stereocenters. The van der Waals surface area contributed by atoms with Crippen molar-refractivity contribution in [1.82, 2.24) is 0 Å². The van der Waals surface area contributed by atoms with Gasteiger partial charge in [-0.15, -0.1) is 0 Å². The van der Waals surface area contributed by atoms with Crippen LogP contribution < -0.4 is 0 Å². The first kappa shape index (κ1) is 63.2. The van der Waals surface area contributed by atoms with E-state index in [0.29, 0.717) is 0 Å². The van der Waals surface area contributed by atoms with Crippen molar-refractivity contribution in [1.29, 1.82) is 0 Å². The van der Waals surface area contributed by atoms with Crippen LogP contribution in [0.3, 0.4) is 0 Å². The van der Waals surface area contributed by atoms with Crippen LogP contribution in [0.2, 0.25) is 0 Å². The highest BCUT2D eigenvalue weighted by molar-refractivity contribution is 7.87. The van der Waals surface area contributed by atoms with Crippen LogP contribution in [-0.4, -0.2) is 116 Å². The van der Waals surface area contributed by atoms with Gasteiger partial charge in [-0.3, -0.25) is 4.55 Å². The van der Waals surface area contributed by atoms with Crippen molar-refractivity contribution >= 4 is 10.1 Å². The predicted molar refractivity (Wildman–Crippen MR) is 174 cm³/mol. The van der Waals surface area contributed by atoms with E-state index in [0.717, 1.165) is 4.48 Å². The average Bonchev–Trinajstić information content (AvgIpc) is 3.09. The third kappa shape index (κ3) is 13.0. The Bertz CT molecular complexity index is 1490. The summed E-state index contributed by atoms with van der Waals surface area (Å²) in [5, 5.41) is -8.22. The molecule has 0 aliphatic heterocycles. The first-order valence-corrected chi connectivity index (χ1v) is 20.0. The summed E-state index contributed by atoms with van der Waals surface area (Å²) in [6.45, 7) is 3.63. The number of hydrogen-bond donors (Lipinski definition) is 1. The molecule has 0 aliphatic carbocycles. The highest BCUT2D eigenvalue weighted by atomic mass is 32.2. The Hall–Kier alpha value is -1.88. The van der Waals surface area contributed by atoms with Crippen LogP contribution in [0.25, 0.3) is 0 Å². The molecule has 0 aromatic heterocycles. The van der Waals surface area contributed by atoms with Gasteiger partial charge in [0.25, 0.3) is 0 Å². The van der Waals surface area contributed by atoms with Crippen LogP contribution in [0.15, 0.2) is 0 Å². The largest absolute Gasteiger partial charge is 0.460 e. The Morgan fingerprint density at radius 2 is 0.524 bits per heavy atom. The highest BCUT2D eigenvalue weighted by Crippen LogP contribution is 2.68. The number of halogens is 25. The fraction of sp³-hybridized carbons (Fsp3) is 1.00. The van der Waals surface area contributed by atoms with Crippen LogP contribution in [0, 0.1) is 0 Å². The molecular formula is C33H47F25NO3S+. The topological polar surface area (TPSA) is 54.4 Å². The van der Waals surface area contributed by atoms with E-state index in [9.17, 15) is 118 Å². The number of alkyl halides is 25. The van der Waals surface area contributed by atoms with Gasteiger partial charge in [-0.2, -0.15) is 118 Å². The molecule has 0 radical (unpaired) electrons. The zero-order chi connectivity index (χ0) is 51.0.